The van der Waals surface area contributed by atoms with E-state index in [1.807, 2.05) is 44.2 Å². The minimum atomic E-state index is -0.538. The predicted molar refractivity (Wildman–Crippen MR) is 103 cm³/mol. The molecule has 1 N–H and O–H groups in total. The minimum Gasteiger partial charge on any atom is -0.506 e. The number of benzene rings is 2. The van der Waals surface area contributed by atoms with Crippen molar-refractivity contribution in [3.8, 4) is 16.9 Å². The molecule has 136 valence electrons. The van der Waals surface area contributed by atoms with Crippen molar-refractivity contribution in [1.82, 2.24) is 0 Å². The third-order valence-corrected chi connectivity index (χ3v) is 4.96. The fourth-order valence-electron chi connectivity index (χ4n) is 3.34. The van der Waals surface area contributed by atoms with Crippen molar-refractivity contribution in [2.45, 2.75) is 20.3 Å². The molecule has 2 heterocycles. The van der Waals surface area contributed by atoms with Gasteiger partial charge in [0.2, 0.25) is 0 Å². The van der Waals surface area contributed by atoms with E-state index in [4.69, 9.17) is 8.83 Å². The highest BCUT2D eigenvalue weighted by atomic mass is 16.4. The average Bonchev–Trinajstić information content (AvgIpc) is 3.16. The molecule has 0 aliphatic rings. The number of carbonyl (C=O) groups excluding carboxylic acids is 1. The molecule has 1 atom stereocenters. The van der Waals surface area contributed by atoms with Gasteiger partial charge in [-0.2, -0.15) is 0 Å². The summed E-state index contributed by atoms with van der Waals surface area (Å²) in [5, 5.41) is 11.9. The van der Waals surface area contributed by atoms with Crippen LogP contribution in [0.4, 0.5) is 0 Å². The number of hydrogen-bond acceptors (Lipinski definition) is 5. The molecule has 0 saturated carbocycles. The Balaban J connectivity index is 2.19. The summed E-state index contributed by atoms with van der Waals surface area (Å²) in [6.45, 7) is 3.72. The van der Waals surface area contributed by atoms with Gasteiger partial charge in [-0.1, -0.05) is 44.2 Å². The number of fused-ring (bicyclic) bond motifs is 3. The van der Waals surface area contributed by atoms with Crippen LogP contribution in [0.15, 0.2) is 62.4 Å². The maximum Gasteiger partial charge on any atom is 0.336 e. The van der Waals surface area contributed by atoms with E-state index < -0.39 is 5.63 Å². The summed E-state index contributed by atoms with van der Waals surface area (Å²) in [7, 11) is 0. The lowest BCUT2D eigenvalue weighted by molar-refractivity contribution is 0.0925. The molecule has 27 heavy (non-hydrogen) atoms. The number of phenolic OH excluding ortho intramolecular Hbond substituents is 1. The van der Waals surface area contributed by atoms with Crippen molar-refractivity contribution in [3.05, 3.63) is 64.7 Å². The quantitative estimate of drug-likeness (QED) is 0.401. The summed E-state index contributed by atoms with van der Waals surface area (Å²) in [5.41, 5.74) is 1.30. The smallest absolute Gasteiger partial charge is 0.336 e. The van der Waals surface area contributed by atoms with Gasteiger partial charge < -0.3 is 13.9 Å². The van der Waals surface area contributed by atoms with Crippen LogP contribution in [0.5, 0.6) is 5.75 Å². The standard InChI is InChI=1S/C22H18O5/c1-3-12(2)19(24)18-20(25)17-15(13-7-5-4-6-8-13)11-16(23)27-22(17)14-9-10-26-21(14)18/h4-12,25H,3H2,1-2H3/t12-/m1/s1. The SMILES string of the molecule is CC[C@@H](C)C(=O)c1c(O)c2c(-c3ccccc3)cc(=O)oc2c2ccoc12. The molecule has 0 saturated heterocycles. The number of hydrogen-bond donors (Lipinski definition) is 1. The zero-order chi connectivity index (χ0) is 19.1. The number of carbonyl (C=O) groups is 1. The van der Waals surface area contributed by atoms with E-state index in [0.29, 0.717) is 22.8 Å². The fraction of sp³-hybridized carbons (Fsp3) is 0.182. The molecule has 0 aliphatic heterocycles. The van der Waals surface area contributed by atoms with E-state index >= 15 is 0 Å². The molecule has 0 spiro atoms. The van der Waals surface area contributed by atoms with Gasteiger partial charge in [0.25, 0.3) is 0 Å². The number of furan rings is 1. The van der Waals surface area contributed by atoms with Crippen molar-refractivity contribution >= 4 is 27.7 Å². The fourth-order valence-corrected chi connectivity index (χ4v) is 3.34. The van der Waals surface area contributed by atoms with E-state index in [1.165, 1.54) is 12.3 Å². The van der Waals surface area contributed by atoms with Crippen molar-refractivity contribution in [2.75, 3.05) is 0 Å². The Morgan fingerprint density at radius 2 is 1.89 bits per heavy atom. The van der Waals surface area contributed by atoms with E-state index in [2.05, 4.69) is 0 Å². The number of ketones is 1. The summed E-state index contributed by atoms with van der Waals surface area (Å²) in [6.07, 6.45) is 2.06. The minimum absolute atomic E-state index is 0.128. The van der Waals surface area contributed by atoms with Crippen LogP contribution in [-0.4, -0.2) is 10.9 Å². The first kappa shape index (κ1) is 17.1. The van der Waals surface area contributed by atoms with Crippen LogP contribution in [0, 0.1) is 5.92 Å². The molecule has 0 fully saturated rings. The number of rotatable bonds is 4. The maximum atomic E-state index is 13.0. The topological polar surface area (TPSA) is 80.6 Å². The third-order valence-electron chi connectivity index (χ3n) is 4.96. The molecule has 0 unspecified atom stereocenters. The molecular weight excluding hydrogens is 344 g/mol. The molecule has 4 aromatic rings. The molecule has 2 aromatic heterocycles. The van der Waals surface area contributed by atoms with Gasteiger partial charge in [-0.25, -0.2) is 4.79 Å². The van der Waals surface area contributed by atoms with E-state index in [0.717, 1.165) is 5.56 Å². The number of Topliss-reactive ketones (excluding diaryl/α,β-unsaturated/α-hetero) is 1. The summed E-state index contributed by atoms with van der Waals surface area (Å²) >= 11 is 0. The first-order valence-corrected chi connectivity index (χ1v) is 8.82. The highest BCUT2D eigenvalue weighted by Crippen LogP contribution is 2.43. The molecule has 0 bridgehead atoms. The highest BCUT2D eigenvalue weighted by Gasteiger charge is 2.27. The second-order valence-electron chi connectivity index (χ2n) is 6.61. The molecule has 5 heteroatoms. The molecule has 2 aromatic carbocycles. The lowest BCUT2D eigenvalue weighted by atomic mass is 9.91. The summed E-state index contributed by atoms with van der Waals surface area (Å²) < 4.78 is 10.9. The zero-order valence-corrected chi connectivity index (χ0v) is 15.0. The van der Waals surface area contributed by atoms with Crippen LogP contribution in [0.1, 0.15) is 30.6 Å². The molecule has 0 radical (unpaired) electrons. The van der Waals surface area contributed by atoms with E-state index in [1.54, 1.807) is 6.07 Å². The van der Waals surface area contributed by atoms with Crippen molar-refractivity contribution in [2.24, 2.45) is 5.92 Å². The van der Waals surface area contributed by atoms with Crippen molar-refractivity contribution in [3.63, 3.8) is 0 Å². The Labute approximate surface area is 154 Å². The Morgan fingerprint density at radius 3 is 2.59 bits per heavy atom. The molecule has 4 rings (SSSR count). The Bertz CT molecular complexity index is 1210. The van der Waals surface area contributed by atoms with Crippen LogP contribution in [0.3, 0.4) is 0 Å². The van der Waals surface area contributed by atoms with Gasteiger partial charge in [-0.3, -0.25) is 4.79 Å². The van der Waals surface area contributed by atoms with Crippen LogP contribution in [-0.2, 0) is 0 Å². The normalized spacial score (nSPS) is 12.5. The van der Waals surface area contributed by atoms with Gasteiger partial charge in [0.1, 0.15) is 11.3 Å². The first-order chi connectivity index (χ1) is 13.0. The van der Waals surface area contributed by atoms with Crippen LogP contribution < -0.4 is 5.63 Å². The number of aromatic hydroxyl groups is 1. The van der Waals surface area contributed by atoms with Crippen LogP contribution in [0.2, 0.25) is 0 Å². The maximum absolute atomic E-state index is 13.0. The Kier molecular flexibility index (Phi) is 4.07. The number of phenols is 1. The van der Waals surface area contributed by atoms with Gasteiger partial charge in [0.15, 0.2) is 16.9 Å². The predicted octanol–water partition coefficient (Wildman–Crippen LogP) is 5.14. The van der Waals surface area contributed by atoms with Gasteiger partial charge >= 0.3 is 5.63 Å². The van der Waals surface area contributed by atoms with Gasteiger partial charge in [0, 0.05) is 17.5 Å². The second-order valence-corrected chi connectivity index (χ2v) is 6.61. The summed E-state index contributed by atoms with van der Waals surface area (Å²) in [4.78, 5) is 25.1. The summed E-state index contributed by atoms with van der Waals surface area (Å²) in [5.74, 6) is -0.708. The molecule has 0 aliphatic carbocycles. The Morgan fingerprint density at radius 1 is 1.15 bits per heavy atom. The zero-order valence-electron chi connectivity index (χ0n) is 15.0. The van der Waals surface area contributed by atoms with E-state index in [-0.39, 0.29) is 34.2 Å². The summed E-state index contributed by atoms with van der Waals surface area (Å²) in [6, 6.07) is 12.2. The second kappa shape index (κ2) is 6.43. The van der Waals surface area contributed by atoms with Gasteiger partial charge in [-0.05, 0) is 18.1 Å². The molecular formula is C22H18O5. The van der Waals surface area contributed by atoms with Crippen LogP contribution in [0.25, 0.3) is 33.1 Å². The Hall–Kier alpha value is -3.34. The largest absolute Gasteiger partial charge is 0.506 e. The lowest BCUT2D eigenvalue weighted by Gasteiger charge is -2.14. The monoisotopic (exact) mass is 362 g/mol. The van der Waals surface area contributed by atoms with Gasteiger partial charge in [-0.15, -0.1) is 0 Å². The van der Waals surface area contributed by atoms with Crippen molar-refractivity contribution in [1.29, 1.82) is 0 Å². The lowest BCUT2D eigenvalue weighted by Crippen LogP contribution is -2.11. The molecule has 5 nitrogen and oxygen atoms in total. The first-order valence-electron chi connectivity index (χ1n) is 8.82. The van der Waals surface area contributed by atoms with Crippen LogP contribution >= 0.6 is 0 Å². The van der Waals surface area contributed by atoms with E-state index in [9.17, 15) is 14.7 Å². The van der Waals surface area contributed by atoms with Gasteiger partial charge in [0.05, 0.1) is 17.0 Å². The third kappa shape index (κ3) is 2.63. The average molecular weight is 362 g/mol. The highest BCUT2D eigenvalue weighted by molar-refractivity contribution is 6.20. The van der Waals surface area contributed by atoms with Crippen molar-refractivity contribution < 1.29 is 18.7 Å². The molecule has 0 amide bonds.